The van der Waals surface area contributed by atoms with Gasteiger partial charge in [-0.1, -0.05) is 12.1 Å². The number of benzene rings is 2. The lowest BCUT2D eigenvalue weighted by Gasteiger charge is -2.11. The summed E-state index contributed by atoms with van der Waals surface area (Å²) in [6.45, 7) is 4.23. The molecule has 146 valence electrons. The van der Waals surface area contributed by atoms with Gasteiger partial charge in [0.05, 0.1) is 24.2 Å². The number of halogens is 1. The number of carbonyl (C=O) groups is 1. The lowest BCUT2D eigenvalue weighted by molar-refractivity contribution is 0.0940. The summed E-state index contributed by atoms with van der Waals surface area (Å²) in [5.41, 5.74) is 4.59. The summed E-state index contributed by atoms with van der Waals surface area (Å²) < 4.78 is 20.2. The molecule has 6 heteroatoms. The summed E-state index contributed by atoms with van der Waals surface area (Å²) in [4.78, 5) is 13.0. The second-order valence-electron chi connectivity index (χ2n) is 6.89. The van der Waals surface area contributed by atoms with Gasteiger partial charge in [0.1, 0.15) is 17.3 Å². The number of nitrogens with one attached hydrogen (secondary N) is 1. The van der Waals surface area contributed by atoms with Crippen LogP contribution in [0, 0.1) is 19.7 Å². The molecule has 2 aromatic carbocycles. The Bertz CT molecular complexity index is 1150. The number of furan rings is 1. The molecule has 2 aromatic heterocycles. The molecule has 0 bridgehead atoms. The number of aryl methyl sites for hydroxylation is 2. The van der Waals surface area contributed by atoms with E-state index in [1.54, 1.807) is 41.3 Å². The smallest absolute Gasteiger partial charge is 0.270 e. The Morgan fingerprint density at radius 1 is 1.10 bits per heavy atom. The van der Waals surface area contributed by atoms with Crippen LogP contribution in [0.3, 0.4) is 0 Å². The summed E-state index contributed by atoms with van der Waals surface area (Å²) in [6, 6.07) is 17.3. The first-order chi connectivity index (χ1) is 14.0. The predicted molar refractivity (Wildman–Crippen MR) is 108 cm³/mol. The van der Waals surface area contributed by atoms with E-state index in [0.717, 1.165) is 22.4 Å². The summed E-state index contributed by atoms with van der Waals surface area (Å²) >= 11 is 0. The Balaban J connectivity index is 1.75. The third-order valence-corrected chi connectivity index (χ3v) is 4.68. The average Bonchev–Trinajstić information content (AvgIpc) is 3.38. The van der Waals surface area contributed by atoms with Crippen LogP contribution in [0.1, 0.15) is 27.4 Å². The van der Waals surface area contributed by atoms with Gasteiger partial charge in [0.25, 0.3) is 5.91 Å². The van der Waals surface area contributed by atoms with E-state index in [4.69, 9.17) is 4.42 Å². The first-order valence-electron chi connectivity index (χ1n) is 9.25. The van der Waals surface area contributed by atoms with Gasteiger partial charge in [-0.3, -0.25) is 4.79 Å². The molecule has 2 heterocycles. The molecule has 1 N–H and O–H groups in total. The average molecular weight is 389 g/mol. The van der Waals surface area contributed by atoms with Crippen molar-refractivity contribution in [1.82, 2.24) is 15.1 Å². The fourth-order valence-electron chi connectivity index (χ4n) is 3.11. The minimum Gasteiger partial charge on any atom is -0.467 e. The molecular weight excluding hydrogens is 369 g/mol. The van der Waals surface area contributed by atoms with Gasteiger partial charge in [-0.05, 0) is 73.5 Å². The van der Waals surface area contributed by atoms with E-state index in [1.165, 1.54) is 12.1 Å². The molecule has 0 unspecified atom stereocenters. The molecule has 0 saturated heterocycles. The maximum Gasteiger partial charge on any atom is 0.270 e. The van der Waals surface area contributed by atoms with Gasteiger partial charge in [-0.25, -0.2) is 9.07 Å². The van der Waals surface area contributed by atoms with Crippen LogP contribution >= 0.6 is 0 Å². The van der Waals surface area contributed by atoms with Crippen molar-refractivity contribution in [2.24, 2.45) is 0 Å². The van der Waals surface area contributed by atoms with Crippen molar-refractivity contribution in [1.29, 1.82) is 0 Å². The summed E-state index contributed by atoms with van der Waals surface area (Å²) in [5, 5.41) is 7.52. The number of carbonyl (C=O) groups excluding carboxylic acids is 1. The fourth-order valence-corrected chi connectivity index (χ4v) is 3.11. The SMILES string of the molecule is Cc1ccc(C)c(-n2nc(-c3ccc(F)cc3)cc2C(=O)NCc2ccco2)c1. The Hall–Kier alpha value is -3.67. The normalized spacial score (nSPS) is 10.9. The highest BCUT2D eigenvalue weighted by Gasteiger charge is 2.19. The molecule has 0 atom stereocenters. The van der Waals surface area contributed by atoms with E-state index < -0.39 is 0 Å². The first-order valence-corrected chi connectivity index (χ1v) is 9.25. The van der Waals surface area contributed by atoms with Crippen molar-refractivity contribution >= 4 is 5.91 Å². The molecule has 0 fully saturated rings. The Labute approximate surface area is 167 Å². The van der Waals surface area contributed by atoms with E-state index >= 15 is 0 Å². The van der Waals surface area contributed by atoms with Crippen molar-refractivity contribution in [2.75, 3.05) is 0 Å². The van der Waals surface area contributed by atoms with Gasteiger partial charge >= 0.3 is 0 Å². The molecule has 29 heavy (non-hydrogen) atoms. The number of nitrogens with zero attached hydrogens (tertiary/aromatic N) is 2. The summed E-state index contributed by atoms with van der Waals surface area (Å²) in [6.07, 6.45) is 1.56. The lowest BCUT2D eigenvalue weighted by atomic mass is 10.1. The Morgan fingerprint density at radius 3 is 2.62 bits per heavy atom. The fraction of sp³-hybridized carbons (Fsp3) is 0.130. The summed E-state index contributed by atoms with van der Waals surface area (Å²) in [5.74, 6) is 0.0669. The van der Waals surface area contributed by atoms with Crippen LogP contribution in [0.5, 0.6) is 0 Å². The Morgan fingerprint density at radius 2 is 1.90 bits per heavy atom. The second-order valence-corrected chi connectivity index (χ2v) is 6.89. The number of rotatable bonds is 5. The predicted octanol–water partition coefficient (Wildman–Crippen LogP) is 4.82. The van der Waals surface area contributed by atoms with Crippen LogP contribution in [-0.4, -0.2) is 15.7 Å². The zero-order valence-corrected chi connectivity index (χ0v) is 16.1. The van der Waals surface area contributed by atoms with E-state index in [9.17, 15) is 9.18 Å². The molecule has 0 saturated carbocycles. The van der Waals surface area contributed by atoms with Crippen LogP contribution in [0.25, 0.3) is 16.9 Å². The van der Waals surface area contributed by atoms with E-state index in [2.05, 4.69) is 10.4 Å². The van der Waals surface area contributed by atoms with Gasteiger partial charge in [-0.2, -0.15) is 5.10 Å². The molecule has 0 spiro atoms. The highest BCUT2D eigenvalue weighted by atomic mass is 19.1. The standard InChI is InChI=1S/C23H20FN3O2/c1-15-5-6-16(2)21(12-15)27-22(23(28)25-14-19-4-3-11-29-19)13-20(26-27)17-7-9-18(24)10-8-17/h3-13H,14H2,1-2H3,(H,25,28). The maximum atomic E-state index is 13.3. The molecular formula is C23H20FN3O2. The minimum absolute atomic E-state index is 0.274. The Kier molecular flexibility index (Phi) is 4.99. The lowest BCUT2D eigenvalue weighted by Crippen LogP contribution is -2.25. The van der Waals surface area contributed by atoms with Gasteiger partial charge < -0.3 is 9.73 Å². The number of hydrogen-bond acceptors (Lipinski definition) is 3. The topological polar surface area (TPSA) is 60.1 Å². The van der Waals surface area contributed by atoms with Gasteiger partial charge in [0.15, 0.2) is 0 Å². The largest absolute Gasteiger partial charge is 0.467 e. The van der Waals surface area contributed by atoms with Crippen LogP contribution in [-0.2, 0) is 6.54 Å². The van der Waals surface area contributed by atoms with Gasteiger partial charge in [-0.15, -0.1) is 0 Å². The number of aromatic nitrogens is 2. The van der Waals surface area contributed by atoms with E-state index in [0.29, 0.717) is 17.1 Å². The quantitative estimate of drug-likeness (QED) is 0.532. The summed E-state index contributed by atoms with van der Waals surface area (Å²) in [7, 11) is 0. The van der Waals surface area contributed by atoms with Crippen molar-refractivity contribution in [3.8, 4) is 16.9 Å². The first kappa shape index (κ1) is 18.7. The van der Waals surface area contributed by atoms with E-state index in [-0.39, 0.29) is 18.3 Å². The third kappa shape index (κ3) is 3.96. The monoisotopic (exact) mass is 389 g/mol. The highest BCUT2D eigenvalue weighted by Crippen LogP contribution is 2.24. The molecule has 0 aliphatic carbocycles. The maximum absolute atomic E-state index is 13.3. The zero-order valence-electron chi connectivity index (χ0n) is 16.1. The minimum atomic E-state index is -0.320. The van der Waals surface area contributed by atoms with Crippen molar-refractivity contribution in [3.05, 3.63) is 95.3 Å². The van der Waals surface area contributed by atoms with Crippen LogP contribution in [0.15, 0.2) is 71.3 Å². The van der Waals surface area contributed by atoms with E-state index in [1.807, 2.05) is 32.0 Å². The van der Waals surface area contributed by atoms with Crippen molar-refractivity contribution in [3.63, 3.8) is 0 Å². The molecule has 4 rings (SSSR count). The van der Waals surface area contributed by atoms with Gasteiger partial charge in [0, 0.05) is 5.56 Å². The van der Waals surface area contributed by atoms with Crippen molar-refractivity contribution in [2.45, 2.75) is 20.4 Å². The van der Waals surface area contributed by atoms with Crippen LogP contribution < -0.4 is 5.32 Å². The molecule has 0 aliphatic heterocycles. The molecule has 5 nitrogen and oxygen atoms in total. The number of hydrogen-bond donors (Lipinski definition) is 1. The third-order valence-electron chi connectivity index (χ3n) is 4.68. The van der Waals surface area contributed by atoms with Crippen LogP contribution in [0.2, 0.25) is 0 Å². The molecule has 0 aliphatic rings. The molecule has 1 amide bonds. The van der Waals surface area contributed by atoms with Gasteiger partial charge in [0.2, 0.25) is 0 Å². The molecule has 4 aromatic rings. The number of amides is 1. The van der Waals surface area contributed by atoms with Crippen molar-refractivity contribution < 1.29 is 13.6 Å². The second kappa shape index (κ2) is 7.75. The molecule has 0 radical (unpaired) electrons. The van der Waals surface area contributed by atoms with Crippen LogP contribution in [0.4, 0.5) is 4.39 Å². The highest BCUT2D eigenvalue weighted by molar-refractivity contribution is 5.94. The zero-order chi connectivity index (χ0) is 20.4.